The third kappa shape index (κ3) is 7.20. The molecule has 0 aliphatic rings. The van der Waals surface area contributed by atoms with E-state index < -0.39 is 31.0 Å². The van der Waals surface area contributed by atoms with E-state index in [1.54, 1.807) is 6.20 Å². The van der Waals surface area contributed by atoms with Gasteiger partial charge < -0.3 is 4.55 Å². The van der Waals surface area contributed by atoms with Crippen molar-refractivity contribution in [2.75, 3.05) is 0 Å². The Morgan fingerprint density at radius 3 is 2.09 bits per heavy atom. The van der Waals surface area contributed by atoms with Gasteiger partial charge in [0.1, 0.15) is 12.4 Å². The number of nitrogens with one attached hydrogen (secondary N) is 1. The summed E-state index contributed by atoms with van der Waals surface area (Å²) in [4.78, 5) is 3.00. The van der Waals surface area contributed by atoms with Crippen molar-refractivity contribution in [3.8, 4) is 0 Å². The maximum Gasteiger partial charge on any atom is 0.485 e. The minimum absolute atomic E-state index is 0.410. The Balaban J connectivity index is 0.000000472. The number of nitrogens with zero attached hydrogens (tertiary/aromatic N) is 1. The van der Waals surface area contributed by atoms with Crippen LogP contribution in [-0.4, -0.2) is 41.7 Å². The highest BCUT2D eigenvalue weighted by Crippen LogP contribution is 2.20. The predicted molar refractivity (Wildman–Crippen MR) is 67.1 cm³/mol. The summed E-state index contributed by atoms with van der Waals surface area (Å²) >= 11 is 0. The van der Waals surface area contributed by atoms with Crippen molar-refractivity contribution in [1.29, 1.82) is 0 Å². The van der Waals surface area contributed by atoms with Crippen LogP contribution in [0.1, 0.15) is 19.2 Å². The van der Waals surface area contributed by atoms with E-state index in [2.05, 4.69) is 4.98 Å². The molecule has 1 aromatic rings. The highest BCUT2D eigenvalue weighted by atomic mass is 32.2. The molecule has 130 valence electrons. The zero-order valence-corrected chi connectivity index (χ0v) is 13.2. The average Bonchev–Trinajstić information content (AvgIpc) is 2.68. The van der Waals surface area contributed by atoms with Crippen LogP contribution in [0.15, 0.2) is 12.4 Å². The maximum absolute atomic E-state index is 10.7. The quantitative estimate of drug-likeness (QED) is 0.440. The molecule has 1 heterocycles. The number of H-pyrrole nitrogens is 1. The highest BCUT2D eigenvalue weighted by Gasteiger charge is 2.36. The first-order valence-corrected chi connectivity index (χ1v) is 8.57. The third-order valence-electron chi connectivity index (χ3n) is 2.55. The fourth-order valence-electron chi connectivity index (χ4n) is 1.17. The molecule has 0 aromatic carbocycles. The topological polar surface area (TPSA) is 131 Å². The van der Waals surface area contributed by atoms with Crippen LogP contribution >= 0.6 is 0 Å². The molecule has 1 unspecified atom stereocenters. The van der Waals surface area contributed by atoms with Crippen molar-refractivity contribution in [3.05, 3.63) is 18.2 Å². The van der Waals surface area contributed by atoms with Crippen LogP contribution in [0.25, 0.3) is 0 Å². The molecular formula is C9H15F3N2O6S2. The van der Waals surface area contributed by atoms with Crippen molar-refractivity contribution >= 4 is 20.2 Å². The van der Waals surface area contributed by atoms with E-state index >= 15 is 0 Å². The predicted octanol–water partition coefficient (Wildman–Crippen LogP) is 0.0995. The number of rotatable bonds is 4. The summed E-state index contributed by atoms with van der Waals surface area (Å²) in [6.45, 7) is 1.50. The normalized spacial score (nSPS) is 14.1. The van der Waals surface area contributed by atoms with Crippen LogP contribution in [0.3, 0.4) is 0 Å². The summed E-state index contributed by atoms with van der Waals surface area (Å²) < 4.78 is 91.0. The van der Waals surface area contributed by atoms with Gasteiger partial charge in [0.15, 0.2) is 10.1 Å². The molecule has 1 atom stereocenters. The standard InChI is InChI=1S/C8H14N2O3S.CHF3O3S/c1-7(14(11,12)13)3-4-8-9-5-6-10(8)2;2-1(3,4)8(5,6)7/h5-7H,3-4H2,1-2H3,(H,11,12,13);(H,5,6,7). The van der Waals surface area contributed by atoms with Gasteiger partial charge >= 0.3 is 5.51 Å². The van der Waals surface area contributed by atoms with E-state index in [4.69, 9.17) is 17.5 Å². The number of aromatic amines is 1. The molecular weight excluding hydrogens is 353 g/mol. The summed E-state index contributed by atoms with van der Waals surface area (Å²) in [6.07, 6.45) is 4.65. The Bertz CT molecular complexity index is 680. The zero-order chi connectivity index (χ0) is 17.8. The molecule has 22 heavy (non-hydrogen) atoms. The van der Waals surface area contributed by atoms with Gasteiger partial charge in [-0.1, -0.05) is 0 Å². The lowest BCUT2D eigenvalue weighted by atomic mass is 10.2. The highest BCUT2D eigenvalue weighted by molar-refractivity contribution is 7.86. The fraction of sp³-hybridized carbons (Fsp3) is 0.667. The Morgan fingerprint density at radius 2 is 1.82 bits per heavy atom. The molecule has 1 aromatic heterocycles. The molecule has 0 saturated heterocycles. The number of halogens is 3. The third-order valence-corrected chi connectivity index (χ3v) is 4.37. The lowest BCUT2D eigenvalue weighted by Gasteiger charge is -2.08. The van der Waals surface area contributed by atoms with Gasteiger partial charge in [0, 0.05) is 0 Å². The molecule has 0 fully saturated rings. The van der Waals surface area contributed by atoms with Crippen LogP contribution < -0.4 is 4.57 Å². The first-order chi connectivity index (χ1) is 9.66. The van der Waals surface area contributed by atoms with Gasteiger partial charge in [-0.15, -0.1) is 0 Å². The number of aryl methyl sites for hydroxylation is 2. The van der Waals surface area contributed by atoms with Gasteiger partial charge in [-0.05, 0) is 13.3 Å². The molecule has 0 aliphatic heterocycles. The summed E-state index contributed by atoms with van der Waals surface area (Å²) in [7, 11) is -8.10. The van der Waals surface area contributed by atoms with E-state index in [0.717, 1.165) is 5.82 Å². The van der Waals surface area contributed by atoms with E-state index in [9.17, 15) is 21.6 Å². The SMILES string of the molecule is CC(CCc1[nH]cc[n+]1C)S(=O)(=O)O.O=S(=O)([O-])C(F)(F)F. The second-order valence-electron chi connectivity index (χ2n) is 4.28. The molecule has 0 bridgehead atoms. The molecule has 2 N–H and O–H groups in total. The summed E-state index contributed by atoms with van der Waals surface area (Å²) in [5.74, 6) is 0.945. The minimum Gasteiger partial charge on any atom is -0.741 e. The second kappa shape index (κ2) is 7.39. The second-order valence-corrected chi connectivity index (χ2v) is 7.49. The lowest BCUT2D eigenvalue weighted by molar-refractivity contribution is -0.677. The average molecular weight is 368 g/mol. The van der Waals surface area contributed by atoms with Gasteiger partial charge in [-0.2, -0.15) is 21.6 Å². The number of hydrogen-bond acceptors (Lipinski definition) is 5. The van der Waals surface area contributed by atoms with Crippen molar-refractivity contribution < 1.29 is 43.7 Å². The van der Waals surface area contributed by atoms with Gasteiger partial charge in [-0.3, -0.25) is 4.55 Å². The van der Waals surface area contributed by atoms with Gasteiger partial charge in [-0.25, -0.2) is 18.0 Å². The van der Waals surface area contributed by atoms with E-state index in [1.165, 1.54) is 6.92 Å². The number of hydrogen-bond donors (Lipinski definition) is 2. The van der Waals surface area contributed by atoms with Crippen LogP contribution in [0, 0.1) is 0 Å². The first kappa shape index (κ1) is 20.8. The van der Waals surface area contributed by atoms with Crippen LogP contribution in [0.2, 0.25) is 0 Å². The van der Waals surface area contributed by atoms with Crippen LogP contribution in [0.5, 0.6) is 0 Å². The first-order valence-electron chi connectivity index (χ1n) is 5.66. The Labute approximate surface area is 125 Å². The molecule has 0 radical (unpaired) electrons. The zero-order valence-electron chi connectivity index (χ0n) is 11.5. The number of aromatic nitrogens is 2. The van der Waals surface area contributed by atoms with Gasteiger partial charge in [0.25, 0.3) is 15.9 Å². The lowest BCUT2D eigenvalue weighted by Crippen LogP contribution is -2.31. The fourth-order valence-corrected chi connectivity index (χ4v) is 1.59. The van der Waals surface area contributed by atoms with E-state index in [0.29, 0.717) is 12.8 Å². The molecule has 0 amide bonds. The molecule has 13 heteroatoms. The van der Waals surface area contributed by atoms with E-state index in [1.807, 2.05) is 17.8 Å². The molecule has 8 nitrogen and oxygen atoms in total. The monoisotopic (exact) mass is 368 g/mol. The van der Waals surface area contributed by atoms with Gasteiger partial charge in [0.2, 0.25) is 0 Å². The Hall–Kier alpha value is -1.18. The van der Waals surface area contributed by atoms with Crippen LogP contribution in [-0.2, 0) is 33.7 Å². The largest absolute Gasteiger partial charge is 0.741 e. The smallest absolute Gasteiger partial charge is 0.485 e. The molecule has 0 aliphatic carbocycles. The Morgan fingerprint density at radius 1 is 1.36 bits per heavy atom. The van der Waals surface area contributed by atoms with Crippen molar-refractivity contribution in [1.82, 2.24) is 4.98 Å². The van der Waals surface area contributed by atoms with Gasteiger partial charge in [0.05, 0.1) is 18.7 Å². The van der Waals surface area contributed by atoms with Crippen molar-refractivity contribution in [2.45, 2.75) is 30.5 Å². The van der Waals surface area contributed by atoms with E-state index in [-0.39, 0.29) is 0 Å². The molecule has 0 spiro atoms. The van der Waals surface area contributed by atoms with Crippen molar-refractivity contribution in [2.24, 2.45) is 7.05 Å². The van der Waals surface area contributed by atoms with Crippen LogP contribution in [0.4, 0.5) is 13.2 Å². The minimum atomic E-state index is -6.09. The maximum atomic E-state index is 10.7. The molecule has 1 rings (SSSR count). The number of alkyl halides is 3. The molecule has 0 saturated carbocycles. The number of imidazole rings is 1. The summed E-state index contributed by atoms with van der Waals surface area (Å²) in [5, 5.41) is -0.717. The Kier molecular flexibility index (Phi) is 6.99. The van der Waals surface area contributed by atoms with Crippen molar-refractivity contribution in [3.63, 3.8) is 0 Å². The summed E-state index contributed by atoms with van der Waals surface area (Å²) in [5.41, 5.74) is -5.65. The summed E-state index contributed by atoms with van der Waals surface area (Å²) in [6, 6.07) is 0.